The molecule has 29 heavy (non-hydrogen) atoms. The van der Waals surface area contributed by atoms with E-state index in [1.807, 2.05) is 0 Å². The van der Waals surface area contributed by atoms with E-state index < -0.39 is 12.5 Å². The van der Waals surface area contributed by atoms with Gasteiger partial charge in [-0.2, -0.15) is 8.78 Å². The minimum atomic E-state index is -2.95. The first kappa shape index (κ1) is 21.0. The molecule has 0 unspecified atom stereocenters. The monoisotopic (exact) mass is 410 g/mol. The van der Waals surface area contributed by atoms with E-state index in [0.717, 1.165) is 23.3 Å². The van der Waals surface area contributed by atoms with Crippen molar-refractivity contribution in [1.29, 1.82) is 0 Å². The summed E-state index contributed by atoms with van der Waals surface area (Å²) >= 11 is 0. The van der Waals surface area contributed by atoms with Crippen LogP contribution < -0.4 is 14.8 Å². The third-order valence-corrected chi connectivity index (χ3v) is 5.41. The van der Waals surface area contributed by atoms with Crippen molar-refractivity contribution in [1.82, 2.24) is 10.2 Å². The predicted octanol–water partition coefficient (Wildman–Crippen LogP) is 2.13. The Bertz CT molecular complexity index is 762. The summed E-state index contributed by atoms with van der Waals surface area (Å²) in [5.41, 5.74) is 0.753. The van der Waals surface area contributed by atoms with E-state index in [-0.39, 0.29) is 48.2 Å². The molecular weight excluding hydrogens is 386 g/mol. The molecule has 0 bridgehead atoms. The fourth-order valence-corrected chi connectivity index (χ4v) is 3.99. The number of carbonyl (C=O) groups excluding carboxylic acids is 3. The molecule has 1 saturated heterocycles. The van der Waals surface area contributed by atoms with Gasteiger partial charge in [-0.1, -0.05) is 18.9 Å². The number of imide groups is 1. The van der Waals surface area contributed by atoms with E-state index in [0.29, 0.717) is 19.3 Å². The number of benzene rings is 1. The lowest BCUT2D eigenvalue weighted by Crippen LogP contribution is -2.41. The quantitative estimate of drug-likeness (QED) is 0.664. The number of hydrogen-bond donors (Lipinski definition) is 1. The molecule has 0 aromatic heterocycles. The number of rotatable bonds is 8. The third-order valence-electron chi connectivity index (χ3n) is 5.41. The van der Waals surface area contributed by atoms with Gasteiger partial charge in [-0.25, -0.2) is 0 Å². The molecule has 1 heterocycles. The Morgan fingerprint density at radius 1 is 1.17 bits per heavy atom. The van der Waals surface area contributed by atoms with E-state index in [1.54, 1.807) is 12.1 Å². The van der Waals surface area contributed by atoms with E-state index in [2.05, 4.69) is 10.1 Å². The van der Waals surface area contributed by atoms with Gasteiger partial charge in [-0.15, -0.1) is 0 Å². The summed E-state index contributed by atoms with van der Waals surface area (Å²) in [5, 5.41) is 2.69. The topological polar surface area (TPSA) is 84.9 Å². The average Bonchev–Trinajstić information content (AvgIpc) is 2.94. The Hall–Kier alpha value is -2.71. The minimum Gasteiger partial charge on any atom is -0.493 e. The van der Waals surface area contributed by atoms with Crippen molar-refractivity contribution in [2.75, 3.05) is 20.2 Å². The van der Waals surface area contributed by atoms with Crippen LogP contribution in [0.5, 0.6) is 11.5 Å². The van der Waals surface area contributed by atoms with Crippen molar-refractivity contribution in [3.63, 3.8) is 0 Å². The highest BCUT2D eigenvalue weighted by Crippen LogP contribution is 2.37. The zero-order valence-electron chi connectivity index (χ0n) is 16.2. The summed E-state index contributed by atoms with van der Waals surface area (Å²) in [6.07, 6.45) is 3.71. The zero-order valence-corrected chi connectivity index (χ0v) is 16.2. The van der Waals surface area contributed by atoms with Gasteiger partial charge in [0.25, 0.3) is 0 Å². The molecule has 3 amide bonds. The van der Waals surface area contributed by atoms with Crippen molar-refractivity contribution >= 4 is 17.7 Å². The zero-order chi connectivity index (χ0) is 21.0. The van der Waals surface area contributed by atoms with Crippen molar-refractivity contribution < 1.29 is 32.6 Å². The maximum absolute atomic E-state index is 12.4. The molecule has 3 rings (SSSR count). The van der Waals surface area contributed by atoms with Crippen molar-refractivity contribution in [2.24, 2.45) is 11.8 Å². The number of likely N-dealkylation sites (tertiary alicyclic amines) is 1. The molecule has 1 aromatic rings. The van der Waals surface area contributed by atoms with Crippen molar-refractivity contribution in [2.45, 2.75) is 38.7 Å². The number of methoxy groups -OCH3 is 1. The molecule has 2 fully saturated rings. The van der Waals surface area contributed by atoms with Gasteiger partial charge < -0.3 is 14.8 Å². The van der Waals surface area contributed by atoms with Gasteiger partial charge in [0, 0.05) is 6.54 Å². The molecule has 1 saturated carbocycles. The number of nitrogens with one attached hydrogen (secondary N) is 1. The SMILES string of the molecule is COc1cc(CCNC(=O)CN2C(=O)[C@H]3CCCC[C@H]3C2=O)ccc1OC(F)F. The van der Waals surface area contributed by atoms with E-state index in [4.69, 9.17) is 4.74 Å². The molecule has 1 aliphatic carbocycles. The van der Waals surface area contributed by atoms with Gasteiger partial charge in [0.05, 0.1) is 18.9 Å². The second-order valence-corrected chi connectivity index (χ2v) is 7.22. The van der Waals surface area contributed by atoms with Crippen LogP contribution in [0.1, 0.15) is 31.2 Å². The number of halogens is 2. The summed E-state index contributed by atoms with van der Waals surface area (Å²) in [7, 11) is 1.35. The normalized spacial score (nSPS) is 21.3. The van der Waals surface area contributed by atoms with Crippen LogP contribution in [0.4, 0.5) is 8.78 Å². The largest absolute Gasteiger partial charge is 0.493 e. The van der Waals surface area contributed by atoms with Crippen LogP contribution in [0.3, 0.4) is 0 Å². The number of amides is 3. The Morgan fingerprint density at radius 2 is 1.83 bits per heavy atom. The van der Waals surface area contributed by atoms with Crippen molar-refractivity contribution in [3.05, 3.63) is 23.8 Å². The Labute approximate surface area is 167 Å². The molecule has 0 radical (unpaired) electrons. The van der Waals surface area contributed by atoms with E-state index >= 15 is 0 Å². The Morgan fingerprint density at radius 3 is 2.41 bits per heavy atom. The standard InChI is InChI=1S/C20H24F2N2O5/c1-28-16-10-12(6-7-15(16)29-20(21)22)8-9-23-17(25)11-24-18(26)13-4-2-3-5-14(13)19(24)27/h6-7,10,13-14,20H,2-5,8-9,11H2,1H3,(H,23,25)/t13-,14+. The number of hydrogen-bond acceptors (Lipinski definition) is 5. The molecule has 0 spiro atoms. The summed E-state index contributed by atoms with van der Waals surface area (Å²) in [6.45, 7) is -2.95. The maximum Gasteiger partial charge on any atom is 0.387 e. The fraction of sp³-hybridized carbons (Fsp3) is 0.550. The summed E-state index contributed by atoms with van der Waals surface area (Å²) in [6, 6.07) is 4.54. The van der Waals surface area contributed by atoms with Gasteiger partial charge >= 0.3 is 6.61 Å². The van der Waals surface area contributed by atoms with Crippen LogP contribution in [-0.2, 0) is 20.8 Å². The first-order valence-corrected chi connectivity index (χ1v) is 9.64. The van der Waals surface area contributed by atoms with Crippen LogP contribution >= 0.6 is 0 Å². The van der Waals surface area contributed by atoms with Crippen LogP contribution in [0.15, 0.2) is 18.2 Å². The molecule has 1 N–H and O–H groups in total. The van der Waals surface area contributed by atoms with Crippen molar-refractivity contribution in [3.8, 4) is 11.5 Å². The van der Waals surface area contributed by atoms with Gasteiger partial charge in [0.2, 0.25) is 17.7 Å². The minimum absolute atomic E-state index is 0.0668. The smallest absolute Gasteiger partial charge is 0.387 e. The number of carbonyl (C=O) groups is 3. The maximum atomic E-state index is 12.4. The highest BCUT2D eigenvalue weighted by molar-refractivity contribution is 6.07. The van der Waals surface area contributed by atoms with Crippen LogP contribution in [-0.4, -0.2) is 49.4 Å². The fourth-order valence-electron chi connectivity index (χ4n) is 3.99. The molecular formula is C20H24F2N2O5. The number of alkyl halides is 2. The lowest BCUT2D eigenvalue weighted by molar-refractivity contribution is -0.143. The van der Waals surface area contributed by atoms with Gasteiger partial charge in [0.1, 0.15) is 6.54 Å². The molecule has 1 aliphatic heterocycles. The van der Waals surface area contributed by atoms with Crippen LogP contribution in [0.25, 0.3) is 0 Å². The highest BCUT2D eigenvalue weighted by Gasteiger charge is 2.48. The second kappa shape index (κ2) is 9.19. The first-order valence-electron chi connectivity index (χ1n) is 9.64. The Balaban J connectivity index is 1.50. The average molecular weight is 410 g/mol. The third kappa shape index (κ3) is 4.83. The van der Waals surface area contributed by atoms with E-state index in [9.17, 15) is 23.2 Å². The molecule has 7 nitrogen and oxygen atoms in total. The predicted molar refractivity (Wildman–Crippen MR) is 98.5 cm³/mol. The summed E-state index contributed by atoms with van der Waals surface area (Å²) < 4.78 is 34.2. The number of nitrogens with zero attached hydrogens (tertiary/aromatic N) is 1. The molecule has 1 aromatic carbocycles. The van der Waals surface area contributed by atoms with Gasteiger partial charge in [0.15, 0.2) is 11.5 Å². The molecule has 158 valence electrons. The summed E-state index contributed by atoms with van der Waals surface area (Å²) in [4.78, 5) is 38.1. The first-order chi connectivity index (χ1) is 13.9. The number of ether oxygens (including phenoxy) is 2. The lowest BCUT2D eigenvalue weighted by Gasteiger charge is -2.19. The van der Waals surface area contributed by atoms with Gasteiger partial charge in [-0.3, -0.25) is 19.3 Å². The number of fused-ring (bicyclic) bond motifs is 1. The second-order valence-electron chi connectivity index (χ2n) is 7.22. The van der Waals surface area contributed by atoms with Gasteiger partial charge in [-0.05, 0) is 37.0 Å². The van der Waals surface area contributed by atoms with Crippen LogP contribution in [0.2, 0.25) is 0 Å². The Kier molecular flexibility index (Phi) is 6.66. The molecule has 9 heteroatoms. The summed E-state index contributed by atoms with van der Waals surface area (Å²) in [5.74, 6) is -1.33. The van der Waals surface area contributed by atoms with E-state index in [1.165, 1.54) is 13.2 Å². The van der Waals surface area contributed by atoms with Crippen LogP contribution in [0, 0.1) is 11.8 Å². The molecule has 2 atom stereocenters. The highest BCUT2D eigenvalue weighted by atomic mass is 19.3. The molecule has 2 aliphatic rings. The lowest BCUT2D eigenvalue weighted by atomic mass is 9.81.